The van der Waals surface area contributed by atoms with Gasteiger partial charge in [-0.05, 0) is 31.9 Å². The Morgan fingerprint density at radius 2 is 1.88 bits per heavy atom. The minimum atomic E-state index is -3.44. The first-order valence-corrected chi connectivity index (χ1v) is 6.50. The maximum absolute atomic E-state index is 12.2. The Hall–Kier alpha value is -1.36. The van der Waals surface area contributed by atoms with E-state index in [0.717, 1.165) is 0 Å². The molecule has 0 aliphatic heterocycles. The average Bonchev–Trinajstić information content (AvgIpc) is 2.98. The molecule has 0 aromatic heterocycles. The summed E-state index contributed by atoms with van der Waals surface area (Å²) in [6.45, 7) is 1.69. The molecule has 0 heterocycles. The normalized spacial score (nSPS) is 18.1. The van der Waals surface area contributed by atoms with Crippen LogP contribution in [0.1, 0.15) is 30.1 Å². The van der Waals surface area contributed by atoms with Gasteiger partial charge in [0.05, 0.1) is 15.2 Å². The minimum Gasteiger partial charge on any atom is -0.366 e. The lowest BCUT2D eigenvalue weighted by Gasteiger charge is -2.12. The van der Waals surface area contributed by atoms with Crippen molar-refractivity contribution in [3.8, 4) is 0 Å². The Morgan fingerprint density at radius 3 is 2.38 bits per heavy atom. The first-order chi connectivity index (χ1) is 7.38. The predicted molar refractivity (Wildman–Crippen MR) is 59.8 cm³/mol. The van der Waals surface area contributed by atoms with Crippen molar-refractivity contribution < 1.29 is 13.2 Å². The van der Waals surface area contributed by atoms with Crippen molar-refractivity contribution in [3.63, 3.8) is 0 Å². The van der Waals surface area contributed by atoms with Gasteiger partial charge in [-0.15, -0.1) is 0 Å². The molecule has 5 heteroatoms. The van der Waals surface area contributed by atoms with Gasteiger partial charge >= 0.3 is 0 Å². The highest BCUT2D eigenvalue weighted by Crippen LogP contribution is 2.46. The lowest BCUT2D eigenvalue weighted by atomic mass is 10.2. The molecule has 0 radical (unpaired) electrons. The predicted octanol–water partition coefficient (Wildman–Crippen LogP) is 1.11. The largest absolute Gasteiger partial charge is 0.366 e. The quantitative estimate of drug-likeness (QED) is 0.858. The molecule has 0 saturated heterocycles. The summed E-state index contributed by atoms with van der Waals surface area (Å²) in [5.74, 6) is -0.705. The number of primary amides is 1. The third-order valence-corrected chi connectivity index (χ3v) is 5.69. The average molecular weight is 239 g/mol. The molecule has 1 aliphatic rings. The Labute approximate surface area is 94.4 Å². The monoisotopic (exact) mass is 239 g/mol. The molecule has 4 nitrogen and oxygen atoms in total. The molecule has 16 heavy (non-hydrogen) atoms. The fourth-order valence-corrected chi connectivity index (χ4v) is 3.50. The van der Waals surface area contributed by atoms with Crippen LogP contribution in [0.15, 0.2) is 29.2 Å². The number of benzene rings is 1. The van der Waals surface area contributed by atoms with Crippen molar-refractivity contribution in [1.29, 1.82) is 0 Å². The molecule has 0 bridgehead atoms. The van der Waals surface area contributed by atoms with Gasteiger partial charge in [0.25, 0.3) is 0 Å². The molecule has 1 fully saturated rings. The number of sulfone groups is 1. The topological polar surface area (TPSA) is 77.2 Å². The van der Waals surface area contributed by atoms with Gasteiger partial charge in [0.15, 0.2) is 9.84 Å². The zero-order valence-electron chi connectivity index (χ0n) is 8.93. The maximum Gasteiger partial charge on any atom is 0.250 e. The van der Waals surface area contributed by atoms with E-state index in [2.05, 4.69) is 0 Å². The molecule has 0 atom stereocenters. The van der Waals surface area contributed by atoms with E-state index < -0.39 is 20.5 Å². The van der Waals surface area contributed by atoms with E-state index in [4.69, 9.17) is 5.73 Å². The van der Waals surface area contributed by atoms with Crippen LogP contribution in [0, 0.1) is 0 Å². The Kier molecular flexibility index (Phi) is 2.31. The van der Waals surface area contributed by atoms with E-state index in [1.165, 1.54) is 12.1 Å². The molecule has 1 aromatic rings. The second-order valence-electron chi connectivity index (χ2n) is 4.31. The fraction of sp³-hybridized carbons (Fsp3) is 0.364. The Balaban J connectivity index is 2.61. The first-order valence-electron chi connectivity index (χ1n) is 5.02. The van der Waals surface area contributed by atoms with Crippen LogP contribution >= 0.6 is 0 Å². The van der Waals surface area contributed by atoms with Crippen LogP contribution in [0.25, 0.3) is 0 Å². The van der Waals surface area contributed by atoms with E-state index in [0.29, 0.717) is 12.8 Å². The van der Waals surface area contributed by atoms with Crippen molar-refractivity contribution in [1.82, 2.24) is 0 Å². The summed E-state index contributed by atoms with van der Waals surface area (Å²) in [6, 6.07) is 6.10. The second-order valence-corrected chi connectivity index (χ2v) is 6.75. The van der Waals surface area contributed by atoms with Crippen LogP contribution in [0.2, 0.25) is 0 Å². The molecule has 1 aromatic carbocycles. The molecular weight excluding hydrogens is 226 g/mol. The Bertz CT molecular complexity index is 544. The Morgan fingerprint density at radius 1 is 1.31 bits per heavy atom. The van der Waals surface area contributed by atoms with Gasteiger partial charge in [0.1, 0.15) is 0 Å². The second kappa shape index (κ2) is 3.31. The van der Waals surface area contributed by atoms with Crippen molar-refractivity contribution in [2.45, 2.75) is 29.4 Å². The summed E-state index contributed by atoms with van der Waals surface area (Å²) < 4.78 is 23.8. The van der Waals surface area contributed by atoms with Crippen LogP contribution in [0.4, 0.5) is 0 Å². The highest BCUT2D eigenvalue weighted by molar-refractivity contribution is 7.93. The molecule has 0 spiro atoms. The number of nitrogens with two attached hydrogens (primary N) is 1. The van der Waals surface area contributed by atoms with Gasteiger partial charge in [-0.3, -0.25) is 4.79 Å². The lowest BCUT2D eigenvalue weighted by Crippen LogP contribution is -2.23. The molecule has 2 rings (SSSR count). The lowest BCUT2D eigenvalue weighted by molar-refractivity contribution is 0.0997. The van der Waals surface area contributed by atoms with Gasteiger partial charge in [-0.1, -0.05) is 12.1 Å². The van der Waals surface area contributed by atoms with Crippen LogP contribution in [-0.2, 0) is 9.84 Å². The van der Waals surface area contributed by atoms with E-state index in [1.807, 2.05) is 0 Å². The molecule has 1 saturated carbocycles. The fourth-order valence-electron chi connectivity index (χ4n) is 1.61. The highest BCUT2D eigenvalue weighted by atomic mass is 32.2. The van der Waals surface area contributed by atoms with Gasteiger partial charge in [0.2, 0.25) is 5.91 Å². The summed E-state index contributed by atoms with van der Waals surface area (Å²) in [7, 11) is -3.44. The number of hydrogen-bond acceptors (Lipinski definition) is 3. The zero-order valence-corrected chi connectivity index (χ0v) is 9.75. The summed E-state index contributed by atoms with van der Waals surface area (Å²) in [6.07, 6.45) is 1.28. The zero-order chi connectivity index (χ0) is 12.0. The van der Waals surface area contributed by atoms with E-state index in [-0.39, 0.29) is 10.5 Å². The number of rotatable bonds is 3. The summed E-state index contributed by atoms with van der Waals surface area (Å²) in [4.78, 5) is 11.2. The maximum atomic E-state index is 12.2. The third kappa shape index (κ3) is 1.51. The number of hydrogen-bond donors (Lipinski definition) is 1. The van der Waals surface area contributed by atoms with Crippen molar-refractivity contribution in [2.24, 2.45) is 5.73 Å². The molecular formula is C11H13NO3S. The van der Waals surface area contributed by atoms with Gasteiger partial charge < -0.3 is 5.73 Å². The number of carbonyl (C=O) groups excluding carboxylic acids is 1. The van der Waals surface area contributed by atoms with Crippen LogP contribution in [0.5, 0.6) is 0 Å². The van der Waals surface area contributed by atoms with Crippen LogP contribution in [0.3, 0.4) is 0 Å². The van der Waals surface area contributed by atoms with E-state index in [9.17, 15) is 13.2 Å². The summed E-state index contributed by atoms with van der Waals surface area (Å²) in [5, 5.41) is 0. The van der Waals surface area contributed by atoms with Crippen molar-refractivity contribution in [3.05, 3.63) is 29.8 Å². The molecule has 0 unspecified atom stereocenters. The molecule has 1 amide bonds. The first kappa shape index (κ1) is 11.1. The van der Waals surface area contributed by atoms with Crippen LogP contribution < -0.4 is 5.73 Å². The van der Waals surface area contributed by atoms with Crippen molar-refractivity contribution >= 4 is 15.7 Å². The van der Waals surface area contributed by atoms with Crippen LogP contribution in [-0.4, -0.2) is 19.1 Å². The molecule has 2 N–H and O–H groups in total. The molecule has 86 valence electrons. The number of amides is 1. The minimum absolute atomic E-state index is 0.0579. The van der Waals surface area contributed by atoms with Crippen molar-refractivity contribution in [2.75, 3.05) is 0 Å². The summed E-state index contributed by atoms with van der Waals surface area (Å²) in [5.41, 5.74) is 5.25. The SMILES string of the molecule is CC1(S(=O)(=O)c2ccccc2C(N)=O)CC1. The van der Waals surface area contributed by atoms with E-state index in [1.54, 1.807) is 19.1 Å². The third-order valence-electron chi connectivity index (χ3n) is 3.04. The van der Waals surface area contributed by atoms with Gasteiger partial charge in [-0.2, -0.15) is 0 Å². The van der Waals surface area contributed by atoms with Gasteiger partial charge in [0, 0.05) is 0 Å². The molecule has 1 aliphatic carbocycles. The van der Waals surface area contributed by atoms with E-state index >= 15 is 0 Å². The smallest absolute Gasteiger partial charge is 0.250 e. The highest BCUT2D eigenvalue weighted by Gasteiger charge is 2.51. The summed E-state index contributed by atoms with van der Waals surface area (Å²) >= 11 is 0. The van der Waals surface area contributed by atoms with Gasteiger partial charge in [-0.25, -0.2) is 8.42 Å². The standard InChI is InChI=1S/C11H13NO3S/c1-11(6-7-11)16(14,15)9-5-3-2-4-8(9)10(12)13/h2-5H,6-7H2,1H3,(H2,12,13). The number of carbonyl (C=O) groups is 1.